The summed E-state index contributed by atoms with van der Waals surface area (Å²) in [6.07, 6.45) is -0.820. The van der Waals surface area contributed by atoms with Crippen molar-refractivity contribution in [2.75, 3.05) is 44.2 Å². The average molecular weight is 486 g/mol. The lowest BCUT2D eigenvalue weighted by atomic mass is 10.2. The van der Waals surface area contributed by atoms with Crippen LogP contribution in [0.5, 0.6) is 0 Å². The van der Waals surface area contributed by atoms with Gasteiger partial charge in [0.25, 0.3) is 0 Å². The van der Waals surface area contributed by atoms with Gasteiger partial charge in [0.1, 0.15) is 0 Å². The second-order valence-electron chi connectivity index (χ2n) is 5.83. The lowest BCUT2D eigenvalue weighted by Gasteiger charge is -2.36. The van der Waals surface area contributed by atoms with E-state index >= 15 is 0 Å². The molecule has 1 fully saturated rings. The summed E-state index contributed by atoms with van der Waals surface area (Å²) in [4.78, 5) is 17.2. The Hall–Kier alpha value is -1.33. The standard InChI is InChI=1S/C16H25F3N6.HI/c1-2-20-14(21-7-4-3-6-16(17,18)19)24-10-12-25(13-11-24)15-22-8-5-9-23-15;/h5,8-9H,2-4,6-7,10-13H2,1H3,(H,20,21);1H. The number of alkyl halides is 3. The minimum absolute atomic E-state index is 0. The third-order valence-electron chi connectivity index (χ3n) is 3.88. The highest BCUT2D eigenvalue weighted by Gasteiger charge is 2.26. The molecule has 2 rings (SSSR count). The van der Waals surface area contributed by atoms with Gasteiger partial charge in [-0.15, -0.1) is 24.0 Å². The summed E-state index contributed by atoms with van der Waals surface area (Å²) in [5, 5.41) is 3.22. The van der Waals surface area contributed by atoms with Gasteiger partial charge in [-0.3, -0.25) is 4.99 Å². The second-order valence-corrected chi connectivity index (χ2v) is 5.83. The Balaban J connectivity index is 0.00000338. The molecule has 6 nitrogen and oxygen atoms in total. The van der Waals surface area contributed by atoms with Crippen LogP contribution in [0.15, 0.2) is 23.5 Å². The van der Waals surface area contributed by atoms with Crippen molar-refractivity contribution in [1.82, 2.24) is 20.2 Å². The molecule has 1 aliphatic heterocycles. The third-order valence-corrected chi connectivity index (χ3v) is 3.88. The molecular formula is C16H26F3IN6. The molecule has 26 heavy (non-hydrogen) atoms. The summed E-state index contributed by atoms with van der Waals surface area (Å²) in [6.45, 7) is 6.21. The first-order chi connectivity index (χ1) is 12.0. The van der Waals surface area contributed by atoms with Gasteiger partial charge in [0.15, 0.2) is 5.96 Å². The van der Waals surface area contributed by atoms with E-state index in [1.165, 1.54) is 0 Å². The smallest absolute Gasteiger partial charge is 0.357 e. The van der Waals surface area contributed by atoms with Gasteiger partial charge >= 0.3 is 6.18 Å². The van der Waals surface area contributed by atoms with Crippen LogP contribution in [-0.4, -0.2) is 66.3 Å². The average Bonchev–Trinajstić information content (AvgIpc) is 2.60. The fourth-order valence-corrected chi connectivity index (χ4v) is 2.62. The van der Waals surface area contributed by atoms with Gasteiger partial charge in [0, 0.05) is 58.1 Å². The van der Waals surface area contributed by atoms with E-state index < -0.39 is 12.6 Å². The van der Waals surface area contributed by atoms with Crippen molar-refractivity contribution in [2.24, 2.45) is 4.99 Å². The maximum Gasteiger partial charge on any atom is 0.389 e. The third kappa shape index (κ3) is 7.92. The molecule has 1 N–H and O–H groups in total. The Labute approximate surface area is 169 Å². The van der Waals surface area contributed by atoms with Crippen molar-refractivity contribution in [2.45, 2.75) is 32.4 Å². The molecule has 1 aromatic rings. The molecule has 1 saturated heterocycles. The van der Waals surface area contributed by atoms with Crippen molar-refractivity contribution in [3.63, 3.8) is 0 Å². The zero-order valence-electron chi connectivity index (χ0n) is 14.9. The molecule has 2 heterocycles. The van der Waals surface area contributed by atoms with Gasteiger partial charge in [-0.05, 0) is 25.8 Å². The Kier molecular flexibility index (Phi) is 9.96. The number of hydrogen-bond donors (Lipinski definition) is 1. The van der Waals surface area contributed by atoms with E-state index in [1.54, 1.807) is 18.5 Å². The SMILES string of the molecule is CCNC(=NCCCCC(F)(F)F)N1CCN(c2ncccn2)CC1.I. The predicted octanol–water partition coefficient (Wildman–Crippen LogP) is 2.91. The molecule has 148 valence electrons. The van der Waals surface area contributed by atoms with Gasteiger partial charge in [-0.1, -0.05) is 0 Å². The van der Waals surface area contributed by atoms with E-state index in [0.717, 1.165) is 44.6 Å². The number of piperazine rings is 1. The summed E-state index contributed by atoms with van der Waals surface area (Å²) >= 11 is 0. The molecule has 1 aliphatic rings. The van der Waals surface area contributed by atoms with E-state index in [1.807, 2.05) is 6.92 Å². The molecule has 10 heteroatoms. The number of anilines is 1. The second kappa shape index (κ2) is 11.4. The lowest BCUT2D eigenvalue weighted by Crippen LogP contribution is -2.53. The maximum absolute atomic E-state index is 12.2. The van der Waals surface area contributed by atoms with Crippen molar-refractivity contribution < 1.29 is 13.2 Å². The Morgan fingerprint density at radius 1 is 1.15 bits per heavy atom. The van der Waals surface area contributed by atoms with Gasteiger partial charge < -0.3 is 15.1 Å². The lowest BCUT2D eigenvalue weighted by molar-refractivity contribution is -0.135. The Morgan fingerprint density at radius 2 is 1.81 bits per heavy atom. The summed E-state index contributed by atoms with van der Waals surface area (Å²) in [7, 11) is 0. The fraction of sp³-hybridized carbons (Fsp3) is 0.688. The number of nitrogens with one attached hydrogen (secondary N) is 1. The van der Waals surface area contributed by atoms with Crippen LogP contribution in [0, 0.1) is 0 Å². The van der Waals surface area contributed by atoms with Gasteiger partial charge in [-0.25, -0.2) is 9.97 Å². The van der Waals surface area contributed by atoms with E-state index in [9.17, 15) is 13.2 Å². The maximum atomic E-state index is 12.2. The molecular weight excluding hydrogens is 460 g/mol. The van der Waals surface area contributed by atoms with Crippen LogP contribution in [0.4, 0.5) is 19.1 Å². The first kappa shape index (κ1) is 22.7. The summed E-state index contributed by atoms with van der Waals surface area (Å²) in [5.74, 6) is 1.49. The van der Waals surface area contributed by atoms with Crippen LogP contribution in [0.1, 0.15) is 26.2 Å². The molecule has 0 atom stereocenters. The quantitative estimate of drug-likeness (QED) is 0.290. The minimum Gasteiger partial charge on any atom is -0.357 e. The van der Waals surface area contributed by atoms with Crippen LogP contribution >= 0.6 is 24.0 Å². The van der Waals surface area contributed by atoms with Gasteiger partial charge in [0.05, 0.1) is 0 Å². The van der Waals surface area contributed by atoms with Crippen LogP contribution < -0.4 is 10.2 Å². The highest BCUT2D eigenvalue weighted by molar-refractivity contribution is 14.0. The Morgan fingerprint density at radius 3 is 2.38 bits per heavy atom. The van der Waals surface area contributed by atoms with E-state index in [2.05, 4.69) is 30.1 Å². The van der Waals surface area contributed by atoms with Crippen molar-refractivity contribution in [1.29, 1.82) is 0 Å². The summed E-state index contributed by atoms with van der Waals surface area (Å²) < 4.78 is 36.5. The predicted molar refractivity (Wildman–Crippen MR) is 107 cm³/mol. The molecule has 0 aromatic carbocycles. The van der Waals surface area contributed by atoms with Crippen molar-refractivity contribution in [3.8, 4) is 0 Å². The van der Waals surface area contributed by atoms with Crippen LogP contribution in [0.3, 0.4) is 0 Å². The first-order valence-corrected chi connectivity index (χ1v) is 8.61. The minimum atomic E-state index is -4.08. The fourth-order valence-electron chi connectivity index (χ4n) is 2.62. The number of nitrogens with zero attached hydrogens (tertiary/aromatic N) is 5. The van der Waals surface area contributed by atoms with E-state index in [-0.39, 0.29) is 30.4 Å². The monoisotopic (exact) mass is 486 g/mol. The normalized spacial score (nSPS) is 15.6. The molecule has 0 amide bonds. The van der Waals surface area contributed by atoms with Crippen molar-refractivity contribution in [3.05, 3.63) is 18.5 Å². The highest BCUT2D eigenvalue weighted by atomic mass is 127. The molecule has 0 saturated carbocycles. The number of aliphatic imine (C=N–C) groups is 1. The van der Waals surface area contributed by atoms with Gasteiger partial charge in [0.2, 0.25) is 5.95 Å². The molecule has 0 unspecified atom stereocenters. The molecule has 1 aromatic heterocycles. The first-order valence-electron chi connectivity index (χ1n) is 8.61. The zero-order valence-corrected chi connectivity index (χ0v) is 17.2. The van der Waals surface area contributed by atoms with Crippen LogP contribution in [0.25, 0.3) is 0 Å². The molecule has 0 radical (unpaired) electrons. The number of rotatable bonds is 6. The zero-order chi connectivity index (χ0) is 18.1. The Bertz CT molecular complexity index is 533. The number of unbranched alkanes of at least 4 members (excludes halogenated alkanes) is 1. The van der Waals surface area contributed by atoms with Crippen LogP contribution in [-0.2, 0) is 0 Å². The largest absolute Gasteiger partial charge is 0.389 e. The number of halogens is 4. The van der Waals surface area contributed by atoms with Crippen LogP contribution in [0.2, 0.25) is 0 Å². The van der Waals surface area contributed by atoms with E-state index in [4.69, 9.17) is 0 Å². The van der Waals surface area contributed by atoms with E-state index in [0.29, 0.717) is 13.0 Å². The topological polar surface area (TPSA) is 56.7 Å². The molecule has 0 aliphatic carbocycles. The number of hydrogen-bond acceptors (Lipinski definition) is 4. The number of aromatic nitrogens is 2. The highest BCUT2D eigenvalue weighted by Crippen LogP contribution is 2.22. The van der Waals surface area contributed by atoms with Crippen molar-refractivity contribution >= 4 is 35.9 Å². The summed E-state index contributed by atoms with van der Waals surface area (Å²) in [6, 6.07) is 1.79. The molecule has 0 bridgehead atoms. The summed E-state index contributed by atoms with van der Waals surface area (Å²) in [5.41, 5.74) is 0. The van der Waals surface area contributed by atoms with Gasteiger partial charge in [-0.2, -0.15) is 13.2 Å². The number of guanidine groups is 1. The molecule has 0 spiro atoms.